The molecular formula is C12H12N4. The summed E-state index contributed by atoms with van der Waals surface area (Å²) in [5, 5.41) is 7.57. The normalized spacial score (nSPS) is 11.1. The van der Waals surface area contributed by atoms with Crippen molar-refractivity contribution in [3.05, 3.63) is 41.6 Å². The van der Waals surface area contributed by atoms with E-state index in [1.54, 1.807) is 4.63 Å². The molecule has 4 nitrogen and oxygen atoms in total. The summed E-state index contributed by atoms with van der Waals surface area (Å²) >= 11 is 0. The predicted octanol–water partition coefficient (Wildman–Crippen LogP) is 2.34. The highest BCUT2D eigenvalue weighted by molar-refractivity contribution is 5.60. The lowest BCUT2D eigenvalue weighted by Crippen LogP contribution is -1.87. The van der Waals surface area contributed by atoms with Crippen LogP contribution >= 0.6 is 0 Å². The van der Waals surface area contributed by atoms with Crippen molar-refractivity contribution >= 4 is 5.65 Å². The molecule has 2 aromatic heterocycles. The fraction of sp³-hybridized carbons (Fsp3) is 0.167. The Balaban J connectivity index is 2.20. The molecule has 16 heavy (non-hydrogen) atoms. The summed E-state index contributed by atoms with van der Waals surface area (Å²) in [6, 6.07) is 9.99. The fourth-order valence-electron chi connectivity index (χ4n) is 1.75. The predicted molar refractivity (Wildman–Crippen MR) is 62.2 cm³/mol. The van der Waals surface area contributed by atoms with Crippen LogP contribution in [0.4, 0.5) is 0 Å². The van der Waals surface area contributed by atoms with Crippen molar-refractivity contribution in [2.75, 3.05) is 0 Å². The Morgan fingerprint density at radius 2 is 1.88 bits per heavy atom. The molecule has 4 heteroatoms. The van der Waals surface area contributed by atoms with E-state index in [-0.39, 0.29) is 0 Å². The number of nitrogens with zero attached hydrogens (tertiary/aromatic N) is 3. The molecule has 0 amide bonds. The molecule has 0 atom stereocenters. The van der Waals surface area contributed by atoms with Crippen molar-refractivity contribution in [3.63, 3.8) is 0 Å². The summed E-state index contributed by atoms with van der Waals surface area (Å²) in [5.41, 5.74) is 4.19. The molecule has 0 saturated heterocycles. The van der Waals surface area contributed by atoms with E-state index in [0.29, 0.717) is 0 Å². The van der Waals surface area contributed by atoms with Gasteiger partial charge in [0.15, 0.2) is 11.5 Å². The first kappa shape index (κ1) is 9.15. The van der Waals surface area contributed by atoms with E-state index in [9.17, 15) is 0 Å². The third-order valence-corrected chi connectivity index (χ3v) is 2.81. The summed E-state index contributed by atoms with van der Waals surface area (Å²) < 4.78 is 1.73. The Labute approximate surface area is 92.9 Å². The van der Waals surface area contributed by atoms with Crippen molar-refractivity contribution in [2.24, 2.45) is 0 Å². The van der Waals surface area contributed by atoms with Crippen LogP contribution in [0.1, 0.15) is 11.3 Å². The first-order valence-electron chi connectivity index (χ1n) is 5.23. The number of hydrogen-bond acceptors (Lipinski definition) is 2. The SMILES string of the molecule is Cc1[nH]n2nc(-c3ccccc3)nc2c1C. The first-order chi connectivity index (χ1) is 7.75. The number of fused-ring (bicyclic) bond motifs is 1. The number of nitrogens with one attached hydrogen (secondary N) is 1. The maximum Gasteiger partial charge on any atom is 0.183 e. The third kappa shape index (κ3) is 1.23. The minimum absolute atomic E-state index is 0.759. The molecule has 0 aliphatic heterocycles. The quantitative estimate of drug-likeness (QED) is 0.673. The van der Waals surface area contributed by atoms with E-state index in [1.165, 1.54) is 0 Å². The maximum absolute atomic E-state index is 4.52. The third-order valence-electron chi connectivity index (χ3n) is 2.81. The molecular weight excluding hydrogens is 200 g/mol. The zero-order valence-corrected chi connectivity index (χ0v) is 9.23. The molecule has 0 fully saturated rings. The van der Waals surface area contributed by atoms with Crippen molar-refractivity contribution in [2.45, 2.75) is 13.8 Å². The van der Waals surface area contributed by atoms with Crippen molar-refractivity contribution < 1.29 is 0 Å². The zero-order chi connectivity index (χ0) is 11.1. The Morgan fingerprint density at radius 3 is 2.56 bits per heavy atom. The lowest BCUT2D eigenvalue weighted by molar-refractivity contribution is 0.810. The zero-order valence-electron chi connectivity index (χ0n) is 9.23. The number of rotatable bonds is 1. The standard InChI is InChI=1S/C12H12N4/c1-8-9(2)14-16-12(8)13-11(15-16)10-6-4-3-5-7-10/h3-7,14H,1-2H3. The summed E-state index contributed by atoms with van der Waals surface area (Å²) in [5.74, 6) is 0.759. The van der Waals surface area contributed by atoms with Gasteiger partial charge in [-0.2, -0.15) is 4.63 Å². The van der Waals surface area contributed by atoms with Crippen LogP contribution in [0.5, 0.6) is 0 Å². The van der Waals surface area contributed by atoms with Crippen LogP contribution in [-0.2, 0) is 0 Å². The number of hydrogen-bond donors (Lipinski definition) is 1. The molecule has 3 aromatic rings. The largest absolute Gasteiger partial charge is 0.280 e. The number of aryl methyl sites for hydroxylation is 2. The van der Waals surface area contributed by atoms with E-state index in [1.807, 2.05) is 44.2 Å². The number of H-pyrrole nitrogens is 1. The summed E-state index contributed by atoms with van der Waals surface area (Å²) in [4.78, 5) is 4.52. The number of benzene rings is 1. The lowest BCUT2D eigenvalue weighted by atomic mass is 10.2. The van der Waals surface area contributed by atoms with E-state index in [2.05, 4.69) is 15.2 Å². The van der Waals surface area contributed by atoms with E-state index >= 15 is 0 Å². The lowest BCUT2D eigenvalue weighted by Gasteiger charge is -1.92. The van der Waals surface area contributed by atoms with Crippen molar-refractivity contribution in [1.29, 1.82) is 0 Å². The monoisotopic (exact) mass is 212 g/mol. The molecule has 0 bridgehead atoms. The smallest absolute Gasteiger partial charge is 0.183 e. The van der Waals surface area contributed by atoms with Gasteiger partial charge in [0.25, 0.3) is 0 Å². The van der Waals surface area contributed by atoms with Crippen molar-refractivity contribution in [1.82, 2.24) is 19.8 Å². The van der Waals surface area contributed by atoms with Gasteiger partial charge in [-0.25, -0.2) is 4.98 Å². The van der Waals surface area contributed by atoms with Gasteiger partial charge in [-0.1, -0.05) is 30.3 Å². The molecule has 1 aromatic carbocycles. The molecule has 0 aliphatic rings. The first-order valence-corrected chi connectivity index (χ1v) is 5.23. The molecule has 2 heterocycles. The Kier molecular flexibility index (Phi) is 1.83. The van der Waals surface area contributed by atoms with Crippen molar-refractivity contribution in [3.8, 4) is 11.4 Å². The molecule has 0 radical (unpaired) electrons. The van der Waals surface area contributed by atoms with Crippen LogP contribution in [-0.4, -0.2) is 19.8 Å². The summed E-state index contributed by atoms with van der Waals surface area (Å²) in [6.07, 6.45) is 0. The Hall–Kier alpha value is -2.10. The van der Waals surface area contributed by atoms with E-state index in [4.69, 9.17) is 0 Å². The maximum atomic E-state index is 4.52. The average molecular weight is 212 g/mol. The fourth-order valence-corrected chi connectivity index (χ4v) is 1.75. The topological polar surface area (TPSA) is 46.0 Å². The van der Waals surface area contributed by atoms with Gasteiger partial charge in [0.05, 0.1) is 0 Å². The minimum atomic E-state index is 0.759. The van der Waals surface area contributed by atoms with Gasteiger partial charge in [0.1, 0.15) is 0 Å². The number of aromatic nitrogens is 4. The van der Waals surface area contributed by atoms with Crippen LogP contribution in [0.3, 0.4) is 0 Å². The van der Waals surface area contributed by atoms with Crippen LogP contribution in [0, 0.1) is 13.8 Å². The molecule has 0 saturated carbocycles. The molecule has 0 spiro atoms. The molecule has 0 aliphatic carbocycles. The van der Waals surface area contributed by atoms with Crippen LogP contribution in [0.2, 0.25) is 0 Å². The van der Waals surface area contributed by atoms with Gasteiger partial charge in [-0.3, -0.25) is 5.10 Å². The van der Waals surface area contributed by atoms with Gasteiger partial charge < -0.3 is 0 Å². The summed E-state index contributed by atoms with van der Waals surface area (Å²) in [7, 11) is 0. The van der Waals surface area contributed by atoms with Crippen LogP contribution < -0.4 is 0 Å². The molecule has 3 rings (SSSR count). The molecule has 80 valence electrons. The van der Waals surface area contributed by atoms with Gasteiger partial charge in [-0.05, 0) is 13.8 Å². The van der Waals surface area contributed by atoms with Crippen LogP contribution in [0.25, 0.3) is 17.0 Å². The summed E-state index contributed by atoms with van der Waals surface area (Å²) in [6.45, 7) is 4.07. The van der Waals surface area contributed by atoms with E-state index < -0.39 is 0 Å². The average Bonchev–Trinajstić information content (AvgIpc) is 2.82. The Morgan fingerprint density at radius 1 is 1.12 bits per heavy atom. The highest BCUT2D eigenvalue weighted by Gasteiger charge is 2.10. The minimum Gasteiger partial charge on any atom is -0.280 e. The second-order valence-electron chi connectivity index (χ2n) is 3.90. The molecule has 1 N–H and O–H groups in total. The van der Waals surface area contributed by atoms with Gasteiger partial charge in [0.2, 0.25) is 0 Å². The van der Waals surface area contributed by atoms with Gasteiger partial charge in [0, 0.05) is 16.8 Å². The molecule has 0 unspecified atom stereocenters. The highest BCUT2D eigenvalue weighted by Crippen LogP contribution is 2.18. The number of aromatic amines is 1. The van der Waals surface area contributed by atoms with Crippen LogP contribution in [0.15, 0.2) is 30.3 Å². The second-order valence-corrected chi connectivity index (χ2v) is 3.90. The van der Waals surface area contributed by atoms with Gasteiger partial charge in [-0.15, -0.1) is 5.10 Å². The second kappa shape index (κ2) is 3.20. The van der Waals surface area contributed by atoms with Gasteiger partial charge >= 0.3 is 0 Å². The highest BCUT2D eigenvalue weighted by atomic mass is 15.5. The Bertz CT molecular complexity index is 634. The van der Waals surface area contributed by atoms with E-state index in [0.717, 1.165) is 28.3 Å².